The zero-order valence-corrected chi connectivity index (χ0v) is 14.4. The van der Waals surface area contributed by atoms with Gasteiger partial charge in [-0.2, -0.15) is 0 Å². The highest BCUT2D eigenvalue weighted by molar-refractivity contribution is 6.08. The van der Waals surface area contributed by atoms with Crippen LogP contribution in [-0.4, -0.2) is 33.1 Å². The lowest BCUT2D eigenvalue weighted by molar-refractivity contribution is -0.144. The maximum absolute atomic E-state index is 13.1. The number of ketones is 1. The fraction of sp³-hybridized carbons (Fsp3) is 0.444. The quantitative estimate of drug-likeness (QED) is 0.855. The summed E-state index contributed by atoms with van der Waals surface area (Å²) < 4.78 is 8.82. The Balaban J connectivity index is 2.12. The molecular weight excluding hydrogens is 308 g/mol. The molecule has 2 aromatic rings. The number of aromatic nitrogens is 2. The van der Waals surface area contributed by atoms with Gasteiger partial charge in [0.1, 0.15) is 5.41 Å². The van der Waals surface area contributed by atoms with Gasteiger partial charge in [-0.25, -0.2) is 0 Å². The van der Waals surface area contributed by atoms with E-state index in [4.69, 9.17) is 4.74 Å². The maximum atomic E-state index is 13.1. The normalized spacial score (nSPS) is 19.3. The predicted octanol–water partition coefficient (Wildman–Crippen LogP) is 2.51. The Hall–Kier alpha value is -2.50. The average molecular weight is 330 g/mol. The highest BCUT2D eigenvalue weighted by atomic mass is 16.5. The number of aryl methyl sites for hydroxylation is 1. The molecule has 0 amide bonds. The zero-order valence-electron chi connectivity index (χ0n) is 14.4. The minimum absolute atomic E-state index is 0.109. The van der Waals surface area contributed by atoms with Crippen LogP contribution in [-0.2, 0) is 23.8 Å². The molecule has 0 spiro atoms. The van der Waals surface area contributed by atoms with Crippen molar-refractivity contribution in [3.05, 3.63) is 40.8 Å². The van der Waals surface area contributed by atoms with Crippen LogP contribution in [0.1, 0.15) is 47.2 Å². The first-order chi connectivity index (χ1) is 11.4. The standard InChI is InChI=1S/C18H22N2O4/c1-5-18(17(22)23)8-9-20-13(18)10-11(2)15(20)16(21)12-6-7-14(24-4)19(12)3/h6-7,10H,5,8-9H2,1-4H3,(H,22,23). The van der Waals surface area contributed by atoms with Crippen LogP contribution in [0.15, 0.2) is 18.2 Å². The molecule has 1 aliphatic rings. The van der Waals surface area contributed by atoms with E-state index in [9.17, 15) is 14.7 Å². The third kappa shape index (κ3) is 2.02. The fourth-order valence-electron chi connectivity index (χ4n) is 3.82. The van der Waals surface area contributed by atoms with Crippen molar-refractivity contribution in [1.29, 1.82) is 0 Å². The Bertz CT molecular complexity index is 830. The Morgan fingerprint density at radius 1 is 1.38 bits per heavy atom. The number of hydrogen-bond donors (Lipinski definition) is 1. The molecule has 128 valence electrons. The van der Waals surface area contributed by atoms with Crippen molar-refractivity contribution in [2.75, 3.05) is 7.11 Å². The molecule has 1 atom stereocenters. The number of carbonyl (C=O) groups excluding carboxylic acids is 1. The topological polar surface area (TPSA) is 73.5 Å². The van der Waals surface area contributed by atoms with Crippen LogP contribution in [0, 0.1) is 6.92 Å². The number of carboxylic acid groups (broad SMARTS) is 1. The van der Waals surface area contributed by atoms with E-state index < -0.39 is 11.4 Å². The molecule has 0 fully saturated rings. The molecule has 24 heavy (non-hydrogen) atoms. The minimum Gasteiger partial charge on any atom is -0.482 e. The second-order valence-corrected chi connectivity index (χ2v) is 6.35. The average Bonchev–Trinajstić information content (AvgIpc) is 3.18. The van der Waals surface area contributed by atoms with Gasteiger partial charge in [0.15, 0.2) is 5.88 Å². The SMILES string of the molecule is CCC1(C(=O)O)CCn2c1cc(C)c2C(=O)c1ccc(OC)n1C. The lowest BCUT2D eigenvalue weighted by Crippen LogP contribution is -2.32. The number of hydrogen-bond acceptors (Lipinski definition) is 3. The number of aliphatic carboxylic acids is 1. The molecule has 0 saturated carbocycles. The van der Waals surface area contributed by atoms with Gasteiger partial charge in [-0.1, -0.05) is 6.92 Å². The molecule has 1 unspecified atom stereocenters. The number of fused-ring (bicyclic) bond motifs is 1. The zero-order chi connectivity index (χ0) is 17.6. The minimum atomic E-state index is -0.894. The predicted molar refractivity (Wildman–Crippen MR) is 88.8 cm³/mol. The van der Waals surface area contributed by atoms with Crippen LogP contribution in [0.25, 0.3) is 0 Å². The van der Waals surface area contributed by atoms with E-state index in [2.05, 4.69) is 0 Å². The lowest BCUT2D eigenvalue weighted by atomic mass is 9.81. The monoisotopic (exact) mass is 330 g/mol. The number of ether oxygens (including phenoxy) is 1. The van der Waals surface area contributed by atoms with E-state index in [1.807, 2.05) is 24.5 Å². The number of nitrogens with zero attached hydrogens (tertiary/aromatic N) is 2. The van der Waals surface area contributed by atoms with Gasteiger partial charge in [0, 0.05) is 25.4 Å². The van der Waals surface area contributed by atoms with Crippen molar-refractivity contribution in [1.82, 2.24) is 9.13 Å². The highest BCUT2D eigenvalue weighted by Crippen LogP contribution is 2.41. The molecule has 6 heteroatoms. The maximum Gasteiger partial charge on any atom is 0.315 e. The molecule has 0 saturated heterocycles. The van der Waals surface area contributed by atoms with E-state index >= 15 is 0 Å². The van der Waals surface area contributed by atoms with Crippen molar-refractivity contribution in [3.63, 3.8) is 0 Å². The van der Waals surface area contributed by atoms with E-state index in [1.54, 1.807) is 30.9 Å². The van der Waals surface area contributed by atoms with Gasteiger partial charge >= 0.3 is 5.97 Å². The Labute approximate surface area is 140 Å². The summed E-state index contributed by atoms with van der Waals surface area (Å²) >= 11 is 0. The molecule has 0 aliphatic carbocycles. The Morgan fingerprint density at radius 2 is 2.08 bits per heavy atom. The molecular formula is C18H22N2O4. The van der Waals surface area contributed by atoms with Gasteiger partial charge in [0.2, 0.25) is 5.78 Å². The fourth-order valence-corrected chi connectivity index (χ4v) is 3.82. The van der Waals surface area contributed by atoms with E-state index in [0.717, 1.165) is 11.3 Å². The third-order valence-corrected chi connectivity index (χ3v) is 5.29. The van der Waals surface area contributed by atoms with Gasteiger partial charge in [-0.15, -0.1) is 0 Å². The van der Waals surface area contributed by atoms with Crippen molar-refractivity contribution < 1.29 is 19.4 Å². The Kier molecular flexibility index (Phi) is 3.78. The molecule has 1 aliphatic heterocycles. The van der Waals surface area contributed by atoms with Crippen molar-refractivity contribution >= 4 is 11.8 Å². The summed E-state index contributed by atoms with van der Waals surface area (Å²) in [6.07, 6.45) is 1.03. The highest BCUT2D eigenvalue weighted by Gasteiger charge is 2.46. The summed E-state index contributed by atoms with van der Waals surface area (Å²) in [5.41, 5.74) is 1.76. The molecule has 6 nitrogen and oxygen atoms in total. The Morgan fingerprint density at radius 3 is 2.62 bits per heavy atom. The van der Waals surface area contributed by atoms with Gasteiger partial charge in [-0.3, -0.25) is 9.59 Å². The van der Waals surface area contributed by atoms with Crippen molar-refractivity contribution in [2.24, 2.45) is 7.05 Å². The number of carboxylic acids is 1. The molecule has 0 bridgehead atoms. The van der Waals surface area contributed by atoms with E-state index in [-0.39, 0.29) is 5.78 Å². The van der Waals surface area contributed by atoms with Crippen molar-refractivity contribution in [3.8, 4) is 5.88 Å². The molecule has 2 aromatic heterocycles. The molecule has 3 rings (SSSR count). The summed E-state index contributed by atoms with van der Waals surface area (Å²) in [6, 6.07) is 5.35. The number of carbonyl (C=O) groups is 2. The summed E-state index contributed by atoms with van der Waals surface area (Å²) in [7, 11) is 3.34. The van der Waals surface area contributed by atoms with E-state index in [1.165, 1.54) is 0 Å². The summed E-state index contributed by atoms with van der Waals surface area (Å²) in [5, 5.41) is 9.73. The van der Waals surface area contributed by atoms with Crippen LogP contribution in [0.5, 0.6) is 5.88 Å². The third-order valence-electron chi connectivity index (χ3n) is 5.29. The van der Waals surface area contributed by atoms with Gasteiger partial charge in [0.05, 0.1) is 18.5 Å². The second-order valence-electron chi connectivity index (χ2n) is 6.35. The van der Waals surface area contributed by atoms with Gasteiger partial charge < -0.3 is 19.0 Å². The van der Waals surface area contributed by atoms with Crippen LogP contribution < -0.4 is 4.74 Å². The van der Waals surface area contributed by atoms with Crippen LogP contribution in [0.4, 0.5) is 0 Å². The van der Waals surface area contributed by atoms with Crippen LogP contribution in [0.2, 0.25) is 0 Å². The molecule has 3 heterocycles. The second kappa shape index (κ2) is 5.54. The molecule has 0 radical (unpaired) electrons. The smallest absolute Gasteiger partial charge is 0.315 e. The molecule has 0 aromatic carbocycles. The summed E-state index contributed by atoms with van der Waals surface area (Å²) in [6.45, 7) is 4.29. The van der Waals surface area contributed by atoms with Gasteiger partial charge in [-0.05, 0) is 37.5 Å². The largest absolute Gasteiger partial charge is 0.482 e. The molecule has 1 N–H and O–H groups in total. The van der Waals surface area contributed by atoms with Crippen LogP contribution in [0.3, 0.4) is 0 Å². The first-order valence-electron chi connectivity index (χ1n) is 8.05. The van der Waals surface area contributed by atoms with Gasteiger partial charge in [0.25, 0.3) is 0 Å². The summed E-state index contributed by atoms with van der Waals surface area (Å²) in [5.74, 6) is -0.319. The lowest BCUT2D eigenvalue weighted by Gasteiger charge is -2.21. The number of methoxy groups -OCH3 is 1. The van der Waals surface area contributed by atoms with E-state index in [0.29, 0.717) is 36.7 Å². The first-order valence-corrected chi connectivity index (χ1v) is 8.05. The first kappa shape index (κ1) is 16.4. The summed E-state index contributed by atoms with van der Waals surface area (Å²) in [4.78, 5) is 24.9. The van der Waals surface area contributed by atoms with Crippen LogP contribution >= 0.6 is 0 Å². The van der Waals surface area contributed by atoms with Crippen molar-refractivity contribution in [2.45, 2.75) is 38.6 Å². The number of rotatable bonds is 5.